The summed E-state index contributed by atoms with van der Waals surface area (Å²) in [6.45, 7) is 0.740. The van der Waals surface area contributed by atoms with Crippen molar-refractivity contribution in [3.8, 4) is 6.07 Å². The number of non-ortho nitro benzene ring substituents is 1. The summed E-state index contributed by atoms with van der Waals surface area (Å²) in [6, 6.07) is 6.84. The van der Waals surface area contributed by atoms with Gasteiger partial charge in [0.15, 0.2) is 0 Å². The van der Waals surface area contributed by atoms with Crippen LogP contribution < -0.4 is 5.32 Å². The van der Waals surface area contributed by atoms with Gasteiger partial charge in [0.2, 0.25) is 0 Å². The molecule has 1 N–H and O–H groups in total. The molecule has 0 bridgehead atoms. The van der Waals surface area contributed by atoms with Crippen molar-refractivity contribution in [2.24, 2.45) is 5.92 Å². The number of hydrogen-bond donors (Lipinski definition) is 1. The molecule has 1 fully saturated rings. The fourth-order valence-electron chi connectivity index (χ4n) is 3.40. The van der Waals surface area contributed by atoms with Gasteiger partial charge in [0.1, 0.15) is 6.07 Å². The number of anilines is 1. The zero-order valence-electron chi connectivity index (χ0n) is 13.8. The minimum atomic E-state index is -0.477. The minimum absolute atomic E-state index is 0.0523. The van der Waals surface area contributed by atoms with E-state index in [0.29, 0.717) is 23.2 Å². The van der Waals surface area contributed by atoms with E-state index in [1.54, 1.807) is 6.07 Å². The van der Waals surface area contributed by atoms with Gasteiger partial charge in [-0.15, -0.1) is 0 Å². The zero-order valence-corrected chi connectivity index (χ0v) is 13.8. The molecular formula is C17H24N4O2. The van der Waals surface area contributed by atoms with E-state index in [2.05, 4.69) is 24.3 Å². The van der Waals surface area contributed by atoms with Gasteiger partial charge in [0.05, 0.1) is 16.2 Å². The van der Waals surface area contributed by atoms with Gasteiger partial charge in [-0.1, -0.05) is 19.3 Å². The van der Waals surface area contributed by atoms with Crippen LogP contribution >= 0.6 is 0 Å². The first-order valence-corrected chi connectivity index (χ1v) is 8.11. The molecule has 1 saturated carbocycles. The Balaban J connectivity index is 2.08. The highest BCUT2D eigenvalue weighted by Gasteiger charge is 2.25. The maximum absolute atomic E-state index is 10.8. The summed E-state index contributed by atoms with van der Waals surface area (Å²) in [6.07, 6.45) is 6.39. The number of nitro benzene ring substituents is 1. The summed E-state index contributed by atoms with van der Waals surface area (Å²) in [5.74, 6) is 0.662. The Hall–Kier alpha value is -2.13. The summed E-state index contributed by atoms with van der Waals surface area (Å²) in [4.78, 5) is 12.6. The number of rotatable bonds is 6. The van der Waals surface area contributed by atoms with Crippen molar-refractivity contribution in [2.45, 2.75) is 38.1 Å². The molecule has 1 atom stereocenters. The van der Waals surface area contributed by atoms with E-state index in [1.165, 1.54) is 44.2 Å². The van der Waals surface area contributed by atoms with Crippen molar-refractivity contribution >= 4 is 11.4 Å². The number of benzene rings is 1. The van der Waals surface area contributed by atoms with Crippen molar-refractivity contribution in [1.29, 1.82) is 5.26 Å². The van der Waals surface area contributed by atoms with Crippen molar-refractivity contribution in [2.75, 3.05) is 26.0 Å². The number of nitrogens with zero attached hydrogens (tertiary/aromatic N) is 3. The van der Waals surface area contributed by atoms with Gasteiger partial charge >= 0.3 is 0 Å². The van der Waals surface area contributed by atoms with Crippen molar-refractivity contribution in [3.63, 3.8) is 0 Å². The molecule has 0 spiro atoms. The molecule has 124 valence electrons. The van der Waals surface area contributed by atoms with E-state index in [0.717, 1.165) is 6.54 Å². The fourth-order valence-corrected chi connectivity index (χ4v) is 3.40. The Morgan fingerprint density at radius 2 is 2.09 bits per heavy atom. The summed E-state index contributed by atoms with van der Waals surface area (Å²) in [7, 11) is 4.17. The van der Waals surface area contributed by atoms with Crippen LogP contribution in [0.1, 0.15) is 37.7 Å². The first kappa shape index (κ1) is 17.2. The molecule has 0 amide bonds. The van der Waals surface area contributed by atoms with E-state index in [4.69, 9.17) is 0 Å². The third-order valence-electron chi connectivity index (χ3n) is 4.69. The molecule has 1 unspecified atom stereocenters. The number of hydrogen-bond acceptors (Lipinski definition) is 5. The Morgan fingerprint density at radius 1 is 1.39 bits per heavy atom. The monoisotopic (exact) mass is 316 g/mol. The van der Waals surface area contributed by atoms with E-state index in [9.17, 15) is 15.4 Å². The Kier molecular flexibility index (Phi) is 5.94. The molecule has 6 nitrogen and oxygen atoms in total. The molecule has 0 heterocycles. The summed E-state index contributed by atoms with van der Waals surface area (Å²) >= 11 is 0. The molecule has 1 aliphatic rings. The van der Waals surface area contributed by atoms with Crippen LogP contribution in [0, 0.1) is 27.4 Å². The van der Waals surface area contributed by atoms with Crippen LogP contribution in [0.3, 0.4) is 0 Å². The molecule has 0 radical (unpaired) electrons. The summed E-state index contributed by atoms with van der Waals surface area (Å²) < 4.78 is 0. The summed E-state index contributed by atoms with van der Waals surface area (Å²) in [5.41, 5.74) is 0.935. The maximum Gasteiger partial charge on any atom is 0.270 e. The lowest BCUT2D eigenvalue weighted by Gasteiger charge is -2.35. The molecule has 1 aromatic carbocycles. The fraction of sp³-hybridized carbons (Fsp3) is 0.588. The van der Waals surface area contributed by atoms with Crippen LogP contribution in [0.15, 0.2) is 18.2 Å². The predicted octanol–water partition coefficient (Wildman–Crippen LogP) is 3.39. The maximum atomic E-state index is 10.8. The molecule has 0 aliphatic heterocycles. The first-order chi connectivity index (χ1) is 11.0. The highest BCUT2D eigenvalue weighted by atomic mass is 16.6. The van der Waals surface area contributed by atoms with Gasteiger partial charge in [0, 0.05) is 24.7 Å². The van der Waals surface area contributed by atoms with E-state index >= 15 is 0 Å². The van der Waals surface area contributed by atoms with Gasteiger partial charge in [-0.3, -0.25) is 10.1 Å². The Morgan fingerprint density at radius 3 is 2.65 bits per heavy atom. The van der Waals surface area contributed by atoms with Gasteiger partial charge in [-0.2, -0.15) is 5.26 Å². The highest BCUT2D eigenvalue weighted by Crippen LogP contribution is 2.29. The summed E-state index contributed by atoms with van der Waals surface area (Å²) in [5, 5.41) is 23.4. The molecule has 0 aromatic heterocycles. The van der Waals surface area contributed by atoms with Crippen LogP contribution in [-0.4, -0.2) is 36.5 Å². The first-order valence-electron chi connectivity index (χ1n) is 8.11. The molecule has 1 aromatic rings. The van der Waals surface area contributed by atoms with Gasteiger partial charge in [-0.05, 0) is 38.9 Å². The average Bonchev–Trinajstić information content (AvgIpc) is 2.55. The molecular weight excluding hydrogens is 292 g/mol. The molecule has 23 heavy (non-hydrogen) atoms. The number of nitriles is 1. The molecule has 0 saturated heterocycles. The Bertz CT molecular complexity index is 589. The molecule has 6 heteroatoms. The molecule has 1 aliphatic carbocycles. The second-order valence-corrected chi connectivity index (χ2v) is 6.41. The predicted molar refractivity (Wildman–Crippen MR) is 90.4 cm³/mol. The number of nitro groups is 1. The second-order valence-electron chi connectivity index (χ2n) is 6.41. The largest absolute Gasteiger partial charge is 0.382 e. The van der Waals surface area contributed by atoms with Gasteiger partial charge < -0.3 is 10.2 Å². The number of nitrogens with one attached hydrogen (secondary N) is 1. The van der Waals surface area contributed by atoms with Gasteiger partial charge in [-0.25, -0.2) is 0 Å². The normalized spacial score (nSPS) is 16.8. The van der Waals surface area contributed by atoms with Crippen LogP contribution in [0.5, 0.6) is 0 Å². The van der Waals surface area contributed by atoms with Crippen molar-refractivity contribution in [3.05, 3.63) is 33.9 Å². The standard InChI is InChI=1S/C17H24N4O2/c1-20(2)17(13-6-4-3-5-7-13)12-19-16-9-8-15(21(22)23)10-14(16)11-18/h8-10,13,17,19H,3-7,12H2,1-2H3. The van der Waals surface area contributed by atoms with Gasteiger partial charge in [0.25, 0.3) is 5.69 Å². The zero-order chi connectivity index (χ0) is 16.8. The van der Waals surface area contributed by atoms with Crippen LogP contribution in [0.25, 0.3) is 0 Å². The van der Waals surface area contributed by atoms with Crippen LogP contribution in [0.2, 0.25) is 0 Å². The minimum Gasteiger partial charge on any atom is -0.382 e. The second kappa shape index (κ2) is 7.93. The SMILES string of the molecule is CN(C)C(CNc1ccc([N+](=O)[O-])cc1C#N)C1CCCCC1. The number of likely N-dealkylation sites (N-methyl/N-ethyl adjacent to an activating group) is 1. The smallest absolute Gasteiger partial charge is 0.270 e. The van der Waals surface area contributed by atoms with E-state index in [-0.39, 0.29) is 5.69 Å². The van der Waals surface area contributed by atoms with Crippen LogP contribution in [-0.2, 0) is 0 Å². The van der Waals surface area contributed by atoms with Crippen molar-refractivity contribution in [1.82, 2.24) is 4.90 Å². The third kappa shape index (κ3) is 4.42. The highest BCUT2D eigenvalue weighted by molar-refractivity contribution is 5.61. The average molecular weight is 316 g/mol. The lowest BCUT2D eigenvalue weighted by Crippen LogP contribution is -2.41. The Labute approximate surface area is 137 Å². The van der Waals surface area contributed by atoms with Crippen molar-refractivity contribution < 1.29 is 4.92 Å². The van der Waals surface area contributed by atoms with E-state index < -0.39 is 4.92 Å². The lowest BCUT2D eigenvalue weighted by molar-refractivity contribution is -0.384. The van der Waals surface area contributed by atoms with E-state index in [1.807, 2.05) is 6.07 Å². The third-order valence-corrected chi connectivity index (χ3v) is 4.69. The molecule has 2 rings (SSSR count). The quantitative estimate of drug-likeness (QED) is 0.642. The lowest BCUT2D eigenvalue weighted by atomic mass is 9.83. The van der Waals surface area contributed by atoms with Crippen LogP contribution in [0.4, 0.5) is 11.4 Å². The topological polar surface area (TPSA) is 82.2 Å².